The Morgan fingerprint density at radius 2 is 1.42 bits per heavy atom. The summed E-state index contributed by atoms with van der Waals surface area (Å²) in [6.07, 6.45) is 0.175. The molecule has 0 spiro atoms. The van der Waals surface area contributed by atoms with Crippen LogP contribution in [0, 0.1) is 10.1 Å². The van der Waals surface area contributed by atoms with Crippen LogP contribution in [0.25, 0.3) is 0 Å². The molecule has 2 aromatic rings. The van der Waals surface area contributed by atoms with Crippen LogP contribution < -0.4 is 10.6 Å². The van der Waals surface area contributed by atoms with E-state index >= 15 is 0 Å². The highest BCUT2D eigenvalue weighted by Gasteiger charge is 2.11. The SMILES string of the molecule is CCOC(=O)c1ccc(NC(=O)COC(=O)CCCC(=O)Nc2ccc([N+](=O)[O-])cc2)cc1. The molecule has 0 radical (unpaired) electrons. The van der Waals surface area contributed by atoms with Crippen LogP contribution in [0.4, 0.5) is 17.1 Å². The summed E-state index contributed by atoms with van der Waals surface area (Å²) in [4.78, 5) is 57.2. The molecule has 0 aliphatic carbocycles. The van der Waals surface area contributed by atoms with E-state index in [-0.39, 0.29) is 37.5 Å². The van der Waals surface area contributed by atoms with E-state index in [9.17, 15) is 29.3 Å². The molecule has 0 atom stereocenters. The predicted molar refractivity (Wildman–Crippen MR) is 118 cm³/mol. The second-order valence-electron chi connectivity index (χ2n) is 6.71. The number of esters is 2. The van der Waals surface area contributed by atoms with Gasteiger partial charge < -0.3 is 20.1 Å². The number of hydrogen-bond acceptors (Lipinski definition) is 8. The maximum Gasteiger partial charge on any atom is 0.338 e. The average molecular weight is 457 g/mol. The van der Waals surface area contributed by atoms with Crippen molar-refractivity contribution in [2.45, 2.75) is 26.2 Å². The van der Waals surface area contributed by atoms with Gasteiger partial charge in [0.2, 0.25) is 5.91 Å². The topological polar surface area (TPSA) is 154 Å². The molecule has 0 heterocycles. The number of rotatable bonds is 11. The lowest BCUT2D eigenvalue weighted by Gasteiger charge is -2.08. The minimum absolute atomic E-state index is 0.0328. The Morgan fingerprint density at radius 1 is 0.848 bits per heavy atom. The maximum absolute atomic E-state index is 11.9. The Labute approximate surface area is 189 Å². The van der Waals surface area contributed by atoms with Gasteiger partial charge in [-0.15, -0.1) is 0 Å². The first-order valence-electron chi connectivity index (χ1n) is 10.1. The van der Waals surface area contributed by atoms with Gasteiger partial charge in [-0.2, -0.15) is 0 Å². The Balaban J connectivity index is 1.65. The smallest absolute Gasteiger partial charge is 0.338 e. The standard InChI is InChI=1S/C22H23N3O8/c1-2-32-22(29)15-6-8-16(9-7-15)24-20(27)14-33-21(28)5-3-4-19(26)23-17-10-12-18(13-11-17)25(30)31/h6-13H,2-5,14H2,1H3,(H,23,26)(H,24,27). The summed E-state index contributed by atoms with van der Waals surface area (Å²) in [7, 11) is 0. The Morgan fingerprint density at radius 3 is 2.00 bits per heavy atom. The van der Waals surface area contributed by atoms with Crippen LogP contribution in [0.5, 0.6) is 0 Å². The molecule has 2 rings (SSSR count). The summed E-state index contributed by atoms with van der Waals surface area (Å²) in [6.45, 7) is 1.46. The molecule has 11 nitrogen and oxygen atoms in total. The highest BCUT2D eigenvalue weighted by molar-refractivity contribution is 5.94. The number of benzene rings is 2. The van der Waals surface area contributed by atoms with Crippen molar-refractivity contribution >= 4 is 40.8 Å². The van der Waals surface area contributed by atoms with Crippen molar-refractivity contribution in [3.8, 4) is 0 Å². The molecule has 2 aromatic carbocycles. The molecule has 0 unspecified atom stereocenters. The average Bonchev–Trinajstić information content (AvgIpc) is 2.78. The number of anilines is 2. The first kappa shape index (κ1) is 25.0. The lowest BCUT2D eigenvalue weighted by atomic mass is 10.2. The van der Waals surface area contributed by atoms with Crippen LogP contribution in [0.15, 0.2) is 48.5 Å². The van der Waals surface area contributed by atoms with Crippen LogP contribution in [0.2, 0.25) is 0 Å². The third-order valence-electron chi connectivity index (χ3n) is 4.19. The minimum Gasteiger partial charge on any atom is -0.462 e. The molecular weight excluding hydrogens is 434 g/mol. The predicted octanol–water partition coefficient (Wildman–Crippen LogP) is 3.06. The molecule has 0 aromatic heterocycles. The molecule has 174 valence electrons. The number of amides is 2. The van der Waals surface area contributed by atoms with Crippen molar-refractivity contribution in [3.05, 3.63) is 64.2 Å². The van der Waals surface area contributed by atoms with Crippen LogP contribution >= 0.6 is 0 Å². The van der Waals surface area contributed by atoms with E-state index < -0.39 is 29.4 Å². The molecule has 0 aliphatic heterocycles. The second kappa shape index (κ2) is 12.5. The fourth-order valence-electron chi connectivity index (χ4n) is 2.60. The molecular formula is C22H23N3O8. The van der Waals surface area contributed by atoms with Gasteiger partial charge in [-0.25, -0.2) is 4.79 Å². The fourth-order valence-corrected chi connectivity index (χ4v) is 2.60. The highest BCUT2D eigenvalue weighted by Crippen LogP contribution is 2.16. The monoisotopic (exact) mass is 457 g/mol. The molecule has 0 fully saturated rings. The molecule has 0 saturated carbocycles. The highest BCUT2D eigenvalue weighted by atomic mass is 16.6. The summed E-state index contributed by atoms with van der Waals surface area (Å²) in [6, 6.07) is 11.4. The first-order valence-corrected chi connectivity index (χ1v) is 10.1. The van der Waals surface area contributed by atoms with Gasteiger partial charge in [0.15, 0.2) is 6.61 Å². The van der Waals surface area contributed by atoms with Gasteiger partial charge in [-0.05, 0) is 49.7 Å². The van der Waals surface area contributed by atoms with Gasteiger partial charge >= 0.3 is 11.9 Å². The number of carbonyl (C=O) groups excluding carboxylic acids is 4. The van der Waals surface area contributed by atoms with Crippen molar-refractivity contribution in [2.75, 3.05) is 23.8 Å². The van der Waals surface area contributed by atoms with E-state index in [0.29, 0.717) is 16.9 Å². The third kappa shape index (κ3) is 8.77. The van der Waals surface area contributed by atoms with Crippen molar-refractivity contribution in [2.24, 2.45) is 0 Å². The van der Waals surface area contributed by atoms with E-state index in [4.69, 9.17) is 9.47 Å². The van der Waals surface area contributed by atoms with E-state index in [2.05, 4.69) is 10.6 Å². The molecule has 0 aliphatic rings. The van der Waals surface area contributed by atoms with Crippen molar-refractivity contribution in [1.82, 2.24) is 0 Å². The fraction of sp³-hybridized carbons (Fsp3) is 0.273. The van der Waals surface area contributed by atoms with Gasteiger partial charge in [0.05, 0.1) is 17.1 Å². The maximum atomic E-state index is 11.9. The van der Waals surface area contributed by atoms with Gasteiger partial charge in [-0.3, -0.25) is 24.5 Å². The number of nitrogens with zero attached hydrogens (tertiary/aromatic N) is 1. The molecule has 0 saturated heterocycles. The second-order valence-corrected chi connectivity index (χ2v) is 6.71. The Kier molecular flexibility index (Phi) is 9.50. The lowest BCUT2D eigenvalue weighted by molar-refractivity contribution is -0.384. The summed E-state index contributed by atoms with van der Waals surface area (Å²) in [5, 5.41) is 15.7. The number of nitrogens with one attached hydrogen (secondary N) is 2. The van der Waals surface area contributed by atoms with Crippen molar-refractivity contribution in [3.63, 3.8) is 0 Å². The summed E-state index contributed by atoms with van der Waals surface area (Å²) in [5.74, 6) is -2.01. The number of non-ortho nitro benzene ring substituents is 1. The van der Waals surface area contributed by atoms with E-state index in [1.807, 2.05) is 0 Å². The normalized spacial score (nSPS) is 10.1. The number of nitro groups is 1. The van der Waals surface area contributed by atoms with Crippen LogP contribution in [-0.4, -0.2) is 41.9 Å². The Hall–Kier alpha value is -4.28. The van der Waals surface area contributed by atoms with Crippen LogP contribution in [0.1, 0.15) is 36.5 Å². The molecule has 2 N–H and O–H groups in total. The zero-order valence-electron chi connectivity index (χ0n) is 17.9. The number of nitro benzene ring substituents is 1. The summed E-state index contributed by atoms with van der Waals surface area (Å²) < 4.78 is 9.76. The quantitative estimate of drug-likeness (QED) is 0.296. The Bertz CT molecular complexity index is 1000. The lowest BCUT2D eigenvalue weighted by Crippen LogP contribution is -2.21. The van der Waals surface area contributed by atoms with Crippen molar-refractivity contribution < 1.29 is 33.6 Å². The summed E-state index contributed by atoms with van der Waals surface area (Å²) >= 11 is 0. The molecule has 0 bridgehead atoms. The largest absolute Gasteiger partial charge is 0.462 e. The van der Waals surface area contributed by atoms with Gasteiger partial charge in [0.25, 0.3) is 11.6 Å². The first-order chi connectivity index (χ1) is 15.8. The minimum atomic E-state index is -0.633. The molecule has 11 heteroatoms. The number of hydrogen-bond donors (Lipinski definition) is 2. The molecule has 2 amide bonds. The zero-order valence-corrected chi connectivity index (χ0v) is 17.9. The third-order valence-corrected chi connectivity index (χ3v) is 4.19. The summed E-state index contributed by atoms with van der Waals surface area (Å²) in [5.41, 5.74) is 1.08. The van der Waals surface area contributed by atoms with E-state index in [1.54, 1.807) is 6.92 Å². The van der Waals surface area contributed by atoms with E-state index in [1.165, 1.54) is 48.5 Å². The number of carbonyl (C=O) groups is 4. The zero-order chi connectivity index (χ0) is 24.2. The van der Waals surface area contributed by atoms with Gasteiger partial charge in [-0.1, -0.05) is 0 Å². The molecule has 33 heavy (non-hydrogen) atoms. The van der Waals surface area contributed by atoms with Crippen LogP contribution in [0.3, 0.4) is 0 Å². The van der Waals surface area contributed by atoms with Gasteiger partial charge in [0, 0.05) is 36.3 Å². The van der Waals surface area contributed by atoms with E-state index in [0.717, 1.165) is 0 Å². The number of ether oxygens (including phenoxy) is 2. The van der Waals surface area contributed by atoms with Crippen LogP contribution in [-0.2, 0) is 23.9 Å². The van der Waals surface area contributed by atoms with Crippen molar-refractivity contribution in [1.29, 1.82) is 0 Å². The van der Waals surface area contributed by atoms with Gasteiger partial charge in [0.1, 0.15) is 0 Å².